The molecule has 3 N–H and O–H groups in total. The van der Waals surface area contributed by atoms with E-state index in [-0.39, 0.29) is 5.91 Å². The van der Waals surface area contributed by atoms with Gasteiger partial charge in [-0.3, -0.25) is 10.2 Å². The van der Waals surface area contributed by atoms with E-state index in [9.17, 15) is 4.79 Å². The molecule has 5 heteroatoms. The van der Waals surface area contributed by atoms with Gasteiger partial charge in [0, 0.05) is 11.3 Å². The first kappa shape index (κ1) is 9.15. The van der Waals surface area contributed by atoms with Crippen molar-refractivity contribution in [3.05, 3.63) is 28.0 Å². The van der Waals surface area contributed by atoms with E-state index >= 15 is 0 Å². The van der Waals surface area contributed by atoms with Crippen molar-refractivity contribution in [1.29, 1.82) is 0 Å². The Labute approximate surface area is 78.3 Å². The van der Waals surface area contributed by atoms with Crippen molar-refractivity contribution in [3.8, 4) is 0 Å². The number of pyridine rings is 1. The van der Waals surface area contributed by atoms with Gasteiger partial charge in [-0.2, -0.15) is 0 Å². The molecule has 12 heavy (non-hydrogen) atoms. The summed E-state index contributed by atoms with van der Waals surface area (Å²) in [5.74, 6) is 4.65. The van der Waals surface area contributed by atoms with Gasteiger partial charge in [0.05, 0.1) is 0 Å². The molecule has 0 radical (unpaired) electrons. The number of hydrogen-bond donors (Lipinski definition) is 2. The first-order chi connectivity index (χ1) is 5.63. The zero-order valence-electron chi connectivity index (χ0n) is 6.47. The number of nitrogens with zero attached hydrogens (tertiary/aromatic N) is 1. The van der Waals surface area contributed by atoms with Crippen LogP contribution in [0.4, 0.5) is 0 Å². The molecule has 0 saturated carbocycles. The molecule has 0 fully saturated rings. The van der Waals surface area contributed by atoms with E-state index in [2.05, 4.69) is 20.9 Å². The van der Waals surface area contributed by atoms with Gasteiger partial charge in [-0.15, -0.1) is 0 Å². The van der Waals surface area contributed by atoms with Crippen molar-refractivity contribution >= 4 is 21.8 Å². The van der Waals surface area contributed by atoms with Gasteiger partial charge in [-0.25, -0.2) is 10.8 Å². The number of carbonyl (C=O) groups is 1. The molecule has 0 unspecified atom stereocenters. The second kappa shape index (κ2) is 3.64. The SMILES string of the molecule is Cc1cc(C(=O)NN)cc(Br)n1. The van der Waals surface area contributed by atoms with E-state index in [0.29, 0.717) is 10.2 Å². The van der Waals surface area contributed by atoms with Crippen molar-refractivity contribution in [2.24, 2.45) is 5.84 Å². The number of hydrazine groups is 1. The highest BCUT2D eigenvalue weighted by atomic mass is 79.9. The van der Waals surface area contributed by atoms with Gasteiger partial charge in [0.15, 0.2) is 0 Å². The lowest BCUT2D eigenvalue weighted by Gasteiger charge is -2.00. The molecular weight excluding hydrogens is 222 g/mol. The van der Waals surface area contributed by atoms with Gasteiger partial charge in [0.1, 0.15) is 4.60 Å². The van der Waals surface area contributed by atoms with Crippen molar-refractivity contribution in [2.75, 3.05) is 0 Å². The summed E-state index contributed by atoms with van der Waals surface area (Å²) in [6, 6.07) is 3.27. The van der Waals surface area contributed by atoms with Gasteiger partial charge < -0.3 is 0 Å². The Balaban J connectivity index is 3.08. The van der Waals surface area contributed by atoms with E-state index in [1.807, 2.05) is 5.43 Å². The first-order valence-corrected chi connectivity index (χ1v) is 4.08. The Hall–Kier alpha value is -0.940. The van der Waals surface area contributed by atoms with Crippen LogP contribution in [0.25, 0.3) is 0 Å². The zero-order valence-corrected chi connectivity index (χ0v) is 8.05. The minimum Gasteiger partial charge on any atom is -0.290 e. The number of aromatic nitrogens is 1. The first-order valence-electron chi connectivity index (χ1n) is 3.28. The quantitative estimate of drug-likeness (QED) is 0.324. The summed E-state index contributed by atoms with van der Waals surface area (Å²) in [7, 11) is 0. The van der Waals surface area contributed by atoms with Crippen LogP contribution in [0.1, 0.15) is 16.1 Å². The maximum atomic E-state index is 11.0. The van der Waals surface area contributed by atoms with Crippen LogP contribution in [-0.2, 0) is 0 Å². The molecule has 1 rings (SSSR count). The fourth-order valence-corrected chi connectivity index (χ4v) is 1.37. The number of carbonyl (C=O) groups excluding carboxylic acids is 1. The zero-order chi connectivity index (χ0) is 9.14. The summed E-state index contributed by atoms with van der Waals surface area (Å²) in [6.07, 6.45) is 0. The normalized spacial score (nSPS) is 9.58. The lowest BCUT2D eigenvalue weighted by Crippen LogP contribution is -2.30. The predicted octanol–water partition coefficient (Wildman–Crippen LogP) is 0.756. The lowest BCUT2D eigenvalue weighted by molar-refractivity contribution is 0.0953. The third kappa shape index (κ3) is 2.02. The number of nitrogen functional groups attached to an aromatic ring is 1. The van der Waals surface area contributed by atoms with Crippen LogP contribution in [0, 0.1) is 6.92 Å². The Morgan fingerprint density at radius 1 is 1.67 bits per heavy atom. The molecular formula is C7H8BrN3O. The van der Waals surface area contributed by atoms with E-state index < -0.39 is 0 Å². The number of amides is 1. The average Bonchev–Trinajstić information content (AvgIpc) is 2.01. The molecule has 1 aromatic heterocycles. The average molecular weight is 230 g/mol. The molecule has 0 aromatic carbocycles. The van der Waals surface area contributed by atoms with E-state index in [1.54, 1.807) is 19.1 Å². The lowest BCUT2D eigenvalue weighted by atomic mass is 10.2. The van der Waals surface area contributed by atoms with Crippen LogP contribution in [-0.4, -0.2) is 10.9 Å². The number of nitrogens with two attached hydrogens (primary N) is 1. The van der Waals surface area contributed by atoms with Crippen molar-refractivity contribution < 1.29 is 4.79 Å². The predicted molar refractivity (Wildman–Crippen MR) is 48.3 cm³/mol. The van der Waals surface area contributed by atoms with Crippen molar-refractivity contribution in [1.82, 2.24) is 10.4 Å². The highest BCUT2D eigenvalue weighted by molar-refractivity contribution is 9.10. The highest BCUT2D eigenvalue weighted by Crippen LogP contribution is 2.10. The topological polar surface area (TPSA) is 68.0 Å². The molecule has 4 nitrogen and oxygen atoms in total. The van der Waals surface area contributed by atoms with Crippen molar-refractivity contribution in [3.63, 3.8) is 0 Å². The molecule has 1 amide bonds. The highest BCUT2D eigenvalue weighted by Gasteiger charge is 2.04. The van der Waals surface area contributed by atoms with Gasteiger partial charge in [-0.05, 0) is 35.0 Å². The summed E-state index contributed by atoms with van der Waals surface area (Å²) in [5, 5.41) is 0. The number of nitrogens with one attached hydrogen (secondary N) is 1. The largest absolute Gasteiger partial charge is 0.290 e. The summed E-state index contributed by atoms with van der Waals surface area (Å²) < 4.78 is 0.626. The number of rotatable bonds is 1. The van der Waals surface area contributed by atoms with Gasteiger partial charge in [0.25, 0.3) is 5.91 Å². The fraction of sp³-hybridized carbons (Fsp3) is 0.143. The molecule has 0 bridgehead atoms. The molecule has 0 aliphatic carbocycles. The maximum absolute atomic E-state index is 11.0. The summed E-state index contributed by atoms with van der Waals surface area (Å²) >= 11 is 3.18. The molecule has 0 spiro atoms. The number of aryl methyl sites for hydroxylation is 1. The van der Waals surface area contributed by atoms with Crippen LogP contribution < -0.4 is 11.3 Å². The minimum atomic E-state index is -0.318. The second-order valence-corrected chi connectivity index (χ2v) is 3.11. The van der Waals surface area contributed by atoms with Crippen LogP contribution in [0.15, 0.2) is 16.7 Å². The molecule has 1 aromatic rings. The van der Waals surface area contributed by atoms with E-state index in [1.165, 1.54) is 0 Å². The van der Waals surface area contributed by atoms with E-state index in [0.717, 1.165) is 5.69 Å². The number of halogens is 1. The Bertz CT molecular complexity index is 293. The molecule has 64 valence electrons. The Kier molecular flexibility index (Phi) is 2.78. The van der Waals surface area contributed by atoms with Crippen LogP contribution >= 0.6 is 15.9 Å². The van der Waals surface area contributed by atoms with Crippen molar-refractivity contribution in [2.45, 2.75) is 6.92 Å². The Morgan fingerprint density at radius 2 is 2.33 bits per heavy atom. The molecule has 0 aliphatic rings. The maximum Gasteiger partial charge on any atom is 0.265 e. The Morgan fingerprint density at radius 3 is 2.83 bits per heavy atom. The number of hydrogen-bond acceptors (Lipinski definition) is 3. The van der Waals surface area contributed by atoms with Gasteiger partial charge >= 0.3 is 0 Å². The molecule has 0 atom stereocenters. The smallest absolute Gasteiger partial charge is 0.265 e. The van der Waals surface area contributed by atoms with Gasteiger partial charge in [0.2, 0.25) is 0 Å². The summed E-state index contributed by atoms with van der Waals surface area (Å²) in [6.45, 7) is 1.80. The second-order valence-electron chi connectivity index (χ2n) is 2.29. The third-order valence-electron chi connectivity index (χ3n) is 1.32. The third-order valence-corrected chi connectivity index (χ3v) is 1.72. The summed E-state index contributed by atoms with van der Waals surface area (Å²) in [4.78, 5) is 15.1. The summed E-state index contributed by atoms with van der Waals surface area (Å²) in [5.41, 5.74) is 3.31. The monoisotopic (exact) mass is 229 g/mol. The minimum absolute atomic E-state index is 0.318. The van der Waals surface area contributed by atoms with Gasteiger partial charge in [-0.1, -0.05) is 0 Å². The van der Waals surface area contributed by atoms with E-state index in [4.69, 9.17) is 5.84 Å². The standard InChI is InChI=1S/C7H8BrN3O/c1-4-2-5(7(12)11-9)3-6(8)10-4/h2-3H,9H2,1H3,(H,11,12). The molecule has 0 saturated heterocycles. The fourth-order valence-electron chi connectivity index (χ4n) is 0.842. The molecule has 1 heterocycles. The van der Waals surface area contributed by atoms with Crippen LogP contribution in [0.2, 0.25) is 0 Å². The van der Waals surface area contributed by atoms with Crippen LogP contribution in [0.5, 0.6) is 0 Å². The molecule has 0 aliphatic heterocycles. The van der Waals surface area contributed by atoms with Crippen LogP contribution in [0.3, 0.4) is 0 Å².